The molecule has 2 heterocycles. The van der Waals surface area contributed by atoms with E-state index in [9.17, 15) is 9.59 Å². The van der Waals surface area contributed by atoms with E-state index in [1.54, 1.807) is 17.5 Å². The summed E-state index contributed by atoms with van der Waals surface area (Å²) < 4.78 is 0. The van der Waals surface area contributed by atoms with E-state index in [2.05, 4.69) is 47.9 Å². The van der Waals surface area contributed by atoms with E-state index in [4.69, 9.17) is 0 Å². The standard InChI is InChI=1S/C18H17N3O2S2/c1-11-5-6-14(12(2)8-11)18-19-13(10-25-18)9-16(22)20-21-17(23)15-4-3-7-24-15/h3-8,10H,9H2,1-2H3,(H,20,22)(H,21,23). The second kappa shape index (κ2) is 7.58. The molecule has 0 aliphatic heterocycles. The summed E-state index contributed by atoms with van der Waals surface area (Å²) in [4.78, 5) is 28.9. The Morgan fingerprint density at radius 1 is 1.12 bits per heavy atom. The van der Waals surface area contributed by atoms with Crippen LogP contribution in [0, 0.1) is 13.8 Å². The van der Waals surface area contributed by atoms with Gasteiger partial charge in [-0.15, -0.1) is 22.7 Å². The zero-order valence-electron chi connectivity index (χ0n) is 13.8. The van der Waals surface area contributed by atoms with E-state index in [0.717, 1.165) is 16.1 Å². The van der Waals surface area contributed by atoms with Crippen LogP contribution in [0.15, 0.2) is 41.1 Å². The van der Waals surface area contributed by atoms with Crippen molar-refractivity contribution in [3.8, 4) is 10.6 Å². The van der Waals surface area contributed by atoms with Crippen molar-refractivity contribution in [3.63, 3.8) is 0 Å². The normalized spacial score (nSPS) is 10.5. The lowest BCUT2D eigenvalue weighted by atomic mass is 10.1. The number of hydrazine groups is 1. The maximum Gasteiger partial charge on any atom is 0.279 e. The summed E-state index contributed by atoms with van der Waals surface area (Å²) in [5, 5.41) is 4.57. The number of thiophene rings is 1. The van der Waals surface area contributed by atoms with Gasteiger partial charge in [0.05, 0.1) is 17.0 Å². The summed E-state index contributed by atoms with van der Waals surface area (Å²) in [7, 11) is 0. The van der Waals surface area contributed by atoms with Crippen molar-refractivity contribution >= 4 is 34.5 Å². The minimum Gasteiger partial charge on any atom is -0.273 e. The highest BCUT2D eigenvalue weighted by Gasteiger charge is 2.12. The second-order valence-corrected chi connectivity index (χ2v) is 7.42. The molecular weight excluding hydrogens is 354 g/mol. The number of hydrogen-bond donors (Lipinski definition) is 2. The summed E-state index contributed by atoms with van der Waals surface area (Å²) in [6.07, 6.45) is 0.117. The predicted octanol–water partition coefficient (Wildman–Crippen LogP) is 3.49. The highest BCUT2D eigenvalue weighted by Crippen LogP contribution is 2.27. The van der Waals surface area contributed by atoms with Crippen LogP contribution in [-0.2, 0) is 11.2 Å². The van der Waals surface area contributed by atoms with Crippen LogP contribution in [-0.4, -0.2) is 16.8 Å². The van der Waals surface area contributed by atoms with Crippen LogP contribution in [0.2, 0.25) is 0 Å². The molecule has 7 heteroatoms. The Bertz CT molecular complexity index is 901. The number of aryl methyl sites for hydroxylation is 2. The zero-order valence-corrected chi connectivity index (χ0v) is 15.5. The first-order valence-corrected chi connectivity index (χ1v) is 9.43. The van der Waals surface area contributed by atoms with Crippen LogP contribution in [0.4, 0.5) is 0 Å². The molecule has 0 atom stereocenters. The van der Waals surface area contributed by atoms with Crippen molar-refractivity contribution in [1.82, 2.24) is 15.8 Å². The first kappa shape index (κ1) is 17.3. The molecule has 0 unspecified atom stereocenters. The van der Waals surface area contributed by atoms with E-state index in [1.165, 1.54) is 28.2 Å². The van der Waals surface area contributed by atoms with Gasteiger partial charge in [-0.05, 0) is 30.9 Å². The van der Waals surface area contributed by atoms with Gasteiger partial charge in [-0.2, -0.15) is 0 Å². The molecule has 2 amide bonds. The van der Waals surface area contributed by atoms with Gasteiger partial charge in [0, 0.05) is 10.9 Å². The maximum atomic E-state index is 12.0. The number of aromatic nitrogens is 1. The average Bonchev–Trinajstić information content (AvgIpc) is 3.24. The van der Waals surface area contributed by atoms with Gasteiger partial charge in [-0.1, -0.05) is 29.8 Å². The fourth-order valence-corrected chi connectivity index (χ4v) is 3.90. The van der Waals surface area contributed by atoms with Crippen LogP contribution < -0.4 is 10.9 Å². The number of thiazole rings is 1. The Kier molecular flexibility index (Phi) is 5.25. The van der Waals surface area contributed by atoms with Crippen LogP contribution in [0.25, 0.3) is 10.6 Å². The summed E-state index contributed by atoms with van der Waals surface area (Å²) in [6.45, 7) is 4.11. The van der Waals surface area contributed by atoms with Gasteiger partial charge in [0.25, 0.3) is 5.91 Å². The third kappa shape index (κ3) is 4.32. The molecule has 1 aromatic carbocycles. The first-order valence-electron chi connectivity index (χ1n) is 7.67. The fourth-order valence-electron chi connectivity index (χ4n) is 2.37. The van der Waals surface area contributed by atoms with E-state index >= 15 is 0 Å². The summed E-state index contributed by atoms with van der Waals surface area (Å²) >= 11 is 2.83. The van der Waals surface area contributed by atoms with Gasteiger partial charge in [0.2, 0.25) is 5.91 Å². The smallest absolute Gasteiger partial charge is 0.273 e. The molecule has 0 saturated heterocycles. The lowest BCUT2D eigenvalue weighted by Gasteiger charge is -2.05. The Hall–Kier alpha value is -2.51. The first-order chi connectivity index (χ1) is 12.0. The number of nitrogens with zero attached hydrogens (tertiary/aromatic N) is 1. The summed E-state index contributed by atoms with van der Waals surface area (Å²) in [5.41, 5.74) is 8.95. The Morgan fingerprint density at radius 3 is 2.68 bits per heavy atom. The van der Waals surface area contributed by atoms with E-state index in [0.29, 0.717) is 10.6 Å². The maximum absolute atomic E-state index is 12.0. The van der Waals surface area contributed by atoms with E-state index in [1.807, 2.05) is 5.38 Å². The molecule has 0 aliphatic carbocycles. The predicted molar refractivity (Wildman–Crippen MR) is 101 cm³/mol. The van der Waals surface area contributed by atoms with Crippen molar-refractivity contribution in [2.75, 3.05) is 0 Å². The molecule has 25 heavy (non-hydrogen) atoms. The van der Waals surface area contributed by atoms with Crippen molar-refractivity contribution in [3.05, 3.63) is 62.8 Å². The number of benzene rings is 1. The molecule has 3 rings (SSSR count). The molecule has 5 nitrogen and oxygen atoms in total. The number of carbonyl (C=O) groups excluding carboxylic acids is 2. The number of nitrogens with one attached hydrogen (secondary N) is 2. The summed E-state index contributed by atoms with van der Waals surface area (Å²) in [5.74, 6) is -0.625. The molecule has 128 valence electrons. The van der Waals surface area contributed by atoms with Crippen molar-refractivity contribution in [2.45, 2.75) is 20.3 Å². The average molecular weight is 371 g/mol. The lowest BCUT2D eigenvalue weighted by molar-refractivity contribution is -0.121. The van der Waals surface area contributed by atoms with Gasteiger partial charge < -0.3 is 0 Å². The monoisotopic (exact) mass is 371 g/mol. The third-order valence-corrected chi connectivity index (χ3v) is 5.36. The molecule has 2 aromatic heterocycles. The highest BCUT2D eigenvalue weighted by molar-refractivity contribution is 7.13. The van der Waals surface area contributed by atoms with E-state index < -0.39 is 0 Å². The molecule has 0 spiro atoms. The number of hydrogen-bond acceptors (Lipinski definition) is 5. The number of rotatable bonds is 4. The number of carbonyl (C=O) groups is 2. The minimum atomic E-state index is -0.322. The lowest BCUT2D eigenvalue weighted by Crippen LogP contribution is -2.42. The van der Waals surface area contributed by atoms with Gasteiger partial charge in [-0.25, -0.2) is 4.98 Å². The SMILES string of the molecule is Cc1ccc(-c2nc(CC(=O)NNC(=O)c3cccs3)cs2)c(C)c1. The number of amides is 2. The van der Waals surface area contributed by atoms with Gasteiger partial charge in [-0.3, -0.25) is 20.4 Å². The van der Waals surface area contributed by atoms with Crippen molar-refractivity contribution in [2.24, 2.45) is 0 Å². The highest BCUT2D eigenvalue weighted by atomic mass is 32.1. The largest absolute Gasteiger partial charge is 0.279 e. The molecule has 0 radical (unpaired) electrons. The third-order valence-electron chi connectivity index (χ3n) is 3.57. The Labute approximate surface area is 153 Å². The van der Waals surface area contributed by atoms with Gasteiger partial charge in [0.1, 0.15) is 5.01 Å². The molecule has 2 N–H and O–H groups in total. The van der Waals surface area contributed by atoms with Crippen LogP contribution >= 0.6 is 22.7 Å². The molecule has 0 bridgehead atoms. The molecule has 0 fully saturated rings. The molecular formula is C18H17N3O2S2. The van der Waals surface area contributed by atoms with Crippen LogP contribution in [0.5, 0.6) is 0 Å². The van der Waals surface area contributed by atoms with Crippen LogP contribution in [0.3, 0.4) is 0 Å². The quantitative estimate of drug-likeness (QED) is 0.690. The summed E-state index contributed by atoms with van der Waals surface area (Å²) in [6, 6.07) is 9.70. The Balaban J connectivity index is 1.59. The minimum absolute atomic E-state index is 0.117. The van der Waals surface area contributed by atoms with Crippen molar-refractivity contribution in [1.29, 1.82) is 0 Å². The Morgan fingerprint density at radius 2 is 1.96 bits per heavy atom. The van der Waals surface area contributed by atoms with Gasteiger partial charge >= 0.3 is 0 Å². The topological polar surface area (TPSA) is 71.1 Å². The molecule has 0 aliphatic rings. The second-order valence-electron chi connectivity index (χ2n) is 5.62. The van der Waals surface area contributed by atoms with E-state index in [-0.39, 0.29) is 18.2 Å². The zero-order chi connectivity index (χ0) is 17.8. The molecule has 0 saturated carbocycles. The van der Waals surface area contributed by atoms with Crippen LogP contribution in [0.1, 0.15) is 26.5 Å². The molecule has 3 aromatic rings. The van der Waals surface area contributed by atoms with Crippen molar-refractivity contribution < 1.29 is 9.59 Å². The fraction of sp³-hybridized carbons (Fsp3) is 0.167. The van der Waals surface area contributed by atoms with Gasteiger partial charge in [0.15, 0.2) is 0 Å².